The number of carbonyl (C=O) groups excluding carboxylic acids is 1. The number of likely N-dealkylation sites (tertiary alicyclic amines) is 2. The lowest BCUT2D eigenvalue weighted by Crippen LogP contribution is -2.48. The highest BCUT2D eigenvalue weighted by Gasteiger charge is 2.32. The monoisotopic (exact) mass is 253 g/mol. The Labute approximate surface area is 111 Å². The molecule has 1 N–H and O–H groups in total. The fourth-order valence-electron chi connectivity index (χ4n) is 2.95. The van der Waals surface area contributed by atoms with Gasteiger partial charge in [0.2, 0.25) is 0 Å². The quantitative estimate of drug-likeness (QED) is 0.816. The molecule has 2 fully saturated rings. The second-order valence-corrected chi connectivity index (χ2v) is 6.49. The molecular formula is C14H27N3O. The number of nitrogens with one attached hydrogen (secondary N) is 1. The minimum absolute atomic E-state index is 0.149. The van der Waals surface area contributed by atoms with Crippen molar-refractivity contribution in [1.82, 2.24) is 15.1 Å². The van der Waals surface area contributed by atoms with Crippen LogP contribution in [0.1, 0.15) is 40.0 Å². The molecule has 0 aromatic rings. The van der Waals surface area contributed by atoms with Crippen LogP contribution in [0.3, 0.4) is 0 Å². The van der Waals surface area contributed by atoms with Gasteiger partial charge in [0, 0.05) is 32.2 Å². The van der Waals surface area contributed by atoms with Gasteiger partial charge in [-0.2, -0.15) is 0 Å². The minimum Gasteiger partial charge on any atom is -0.335 e. The van der Waals surface area contributed by atoms with Gasteiger partial charge in [0.15, 0.2) is 0 Å². The van der Waals surface area contributed by atoms with Crippen molar-refractivity contribution in [2.45, 2.75) is 46.1 Å². The molecule has 0 unspecified atom stereocenters. The summed E-state index contributed by atoms with van der Waals surface area (Å²) in [6.07, 6.45) is 3.31. The molecule has 0 aromatic heterocycles. The van der Waals surface area contributed by atoms with Gasteiger partial charge in [0.25, 0.3) is 0 Å². The van der Waals surface area contributed by atoms with Gasteiger partial charge in [0.1, 0.15) is 0 Å². The molecule has 18 heavy (non-hydrogen) atoms. The van der Waals surface area contributed by atoms with E-state index in [4.69, 9.17) is 0 Å². The predicted molar refractivity (Wildman–Crippen MR) is 73.6 cm³/mol. The summed E-state index contributed by atoms with van der Waals surface area (Å²) in [5, 5.41) is 3.20. The standard InChI is InChI=1S/C14H27N3O/c1-4-16-8-5-12(6-9-16)15-13(18)17-10-7-14(2,3)11-17/h12H,4-11H2,1-3H3,(H,15,18). The fraction of sp³-hybridized carbons (Fsp3) is 0.929. The van der Waals surface area contributed by atoms with E-state index >= 15 is 0 Å². The molecule has 2 saturated heterocycles. The van der Waals surface area contributed by atoms with E-state index in [1.165, 1.54) is 0 Å². The molecule has 104 valence electrons. The zero-order valence-electron chi connectivity index (χ0n) is 12.0. The topological polar surface area (TPSA) is 35.6 Å². The Hall–Kier alpha value is -0.770. The summed E-state index contributed by atoms with van der Waals surface area (Å²) >= 11 is 0. The minimum atomic E-state index is 0.149. The van der Waals surface area contributed by atoms with Crippen molar-refractivity contribution in [2.24, 2.45) is 5.41 Å². The van der Waals surface area contributed by atoms with Crippen LogP contribution in [0.4, 0.5) is 4.79 Å². The van der Waals surface area contributed by atoms with E-state index in [9.17, 15) is 4.79 Å². The predicted octanol–water partition coefficient (Wildman–Crippen LogP) is 1.91. The van der Waals surface area contributed by atoms with E-state index < -0.39 is 0 Å². The summed E-state index contributed by atoms with van der Waals surface area (Å²) in [4.78, 5) is 16.6. The average Bonchev–Trinajstić information content (AvgIpc) is 2.71. The van der Waals surface area contributed by atoms with Crippen LogP contribution in [0.5, 0.6) is 0 Å². The normalized spacial score (nSPS) is 25.4. The lowest BCUT2D eigenvalue weighted by atomic mass is 9.93. The number of nitrogens with zero attached hydrogens (tertiary/aromatic N) is 2. The van der Waals surface area contributed by atoms with E-state index in [2.05, 4.69) is 31.0 Å². The van der Waals surface area contributed by atoms with Crippen molar-refractivity contribution in [2.75, 3.05) is 32.7 Å². The summed E-state index contributed by atoms with van der Waals surface area (Å²) in [5.74, 6) is 0. The first-order valence-corrected chi connectivity index (χ1v) is 7.28. The van der Waals surface area contributed by atoms with Crippen molar-refractivity contribution in [1.29, 1.82) is 0 Å². The summed E-state index contributed by atoms with van der Waals surface area (Å²) in [6.45, 7) is 11.8. The second-order valence-electron chi connectivity index (χ2n) is 6.49. The molecule has 0 atom stereocenters. The van der Waals surface area contributed by atoms with E-state index in [1.54, 1.807) is 0 Å². The van der Waals surface area contributed by atoms with Crippen LogP contribution < -0.4 is 5.32 Å². The molecule has 0 spiro atoms. The Morgan fingerprint density at radius 2 is 1.94 bits per heavy atom. The molecule has 2 heterocycles. The number of hydrogen-bond donors (Lipinski definition) is 1. The molecule has 0 aromatic carbocycles. The van der Waals surface area contributed by atoms with E-state index in [1.807, 2.05) is 4.90 Å². The van der Waals surface area contributed by atoms with Crippen LogP contribution in [-0.2, 0) is 0 Å². The lowest BCUT2D eigenvalue weighted by Gasteiger charge is -2.32. The maximum Gasteiger partial charge on any atom is 0.317 e. The SMILES string of the molecule is CCN1CCC(NC(=O)N2CCC(C)(C)C2)CC1. The first-order chi connectivity index (χ1) is 8.50. The summed E-state index contributed by atoms with van der Waals surface area (Å²) in [5.41, 5.74) is 0.295. The highest BCUT2D eigenvalue weighted by atomic mass is 16.2. The van der Waals surface area contributed by atoms with Crippen molar-refractivity contribution in [3.05, 3.63) is 0 Å². The molecular weight excluding hydrogens is 226 g/mol. The van der Waals surface area contributed by atoms with E-state index in [-0.39, 0.29) is 6.03 Å². The maximum absolute atomic E-state index is 12.2. The summed E-state index contributed by atoms with van der Waals surface area (Å²) in [7, 11) is 0. The van der Waals surface area contributed by atoms with Gasteiger partial charge in [-0.3, -0.25) is 0 Å². The van der Waals surface area contributed by atoms with Gasteiger partial charge in [-0.25, -0.2) is 4.79 Å². The summed E-state index contributed by atoms with van der Waals surface area (Å²) in [6, 6.07) is 0.527. The largest absolute Gasteiger partial charge is 0.335 e. The molecule has 0 bridgehead atoms. The van der Waals surface area contributed by atoms with Crippen LogP contribution in [-0.4, -0.2) is 54.6 Å². The van der Waals surface area contributed by atoms with Crippen molar-refractivity contribution in [3.8, 4) is 0 Å². The van der Waals surface area contributed by atoms with Gasteiger partial charge < -0.3 is 15.1 Å². The zero-order valence-corrected chi connectivity index (χ0v) is 12.0. The van der Waals surface area contributed by atoms with E-state index in [0.717, 1.165) is 52.0 Å². The van der Waals surface area contributed by atoms with Crippen LogP contribution in [0, 0.1) is 5.41 Å². The molecule has 2 rings (SSSR count). The number of rotatable bonds is 2. The Morgan fingerprint density at radius 3 is 2.44 bits per heavy atom. The third-order valence-corrected chi connectivity index (χ3v) is 4.33. The molecule has 0 radical (unpaired) electrons. The fourth-order valence-corrected chi connectivity index (χ4v) is 2.95. The summed E-state index contributed by atoms with van der Waals surface area (Å²) < 4.78 is 0. The molecule has 2 aliphatic rings. The van der Waals surface area contributed by atoms with Gasteiger partial charge in [-0.15, -0.1) is 0 Å². The third-order valence-electron chi connectivity index (χ3n) is 4.33. The smallest absolute Gasteiger partial charge is 0.317 e. The lowest BCUT2D eigenvalue weighted by molar-refractivity contribution is 0.178. The molecule has 4 nitrogen and oxygen atoms in total. The Bertz CT molecular complexity index is 295. The first kappa shape index (κ1) is 13.7. The number of carbonyl (C=O) groups is 1. The zero-order chi connectivity index (χ0) is 13.2. The molecule has 4 heteroatoms. The molecule has 2 aliphatic heterocycles. The van der Waals surface area contributed by atoms with Crippen molar-refractivity contribution >= 4 is 6.03 Å². The highest BCUT2D eigenvalue weighted by molar-refractivity contribution is 5.74. The van der Waals surface area contributed by atoms with Gasteiger partial charge in [0.05, 0.1) is 0 Å². The Morgan fingerprint density at radius 1 is 1.28 bits per heavy atom. The second kappa shape index (κ2) is 5.47. The number of amides is 2. The first-order valence-electron chi connectivity index (χ1n) is 7.28. The van der Waals surface area contributed by atoms with Crippen molar-refractivity contribution in [3.63, 3.8) is 0 Å². The van der Waals surface area contributed by atoms with Crippen LogP contribution in [0.15, 0.2) is 0 Å². The molecule has 0 saturated carbocycles. The van der Waals surface area contributed by atoms with Crippen molar-refractivity contribution < 1.29 is 4.79 Å². The average molecular weight is 253 g/mol. The third kappa shape index (κ3) is 3.37. The van der Waals surface area contributed by atoms with Gasteiger partial charge >= 0.3 is 6.03 Å². The Kier molecular flexibility index (Phi) is 4.15. The Balaban J connectivity index is 1.75. The van der Waals surface area contributed by atoms with Crippen LogP contribution in [0.25, 0.3) is 0 Å². The molecule has 0 aliphatic carbocycles. The number of urea groups is 1. The number of piperidine rings is 1. The molecule has 2 amide bonds. The highest BCUT2D eigenvalue weighted by Crippen LogP contribution is 2.28. The number of hydrogen-bond acceptors (Lipinski definition) is 2. The van der Waals surface area contributed by atoms with Gasteiger partial charge in [-0.05, 0) is 31.2 Å². The maximum atomic E-state index is 12.2. The van der Waals surface area contributed by atoms with Crippen LogP contribution >= 0.6 is 0 Å². The van der Waals surface area contributed by atoms with Crippen LogP contribution in [0.2, 0.25) is 0 Å². The van der Waals surface area contributed by atoms with E-state index in [0.29, 0.717) is 11.5 Å². The van der Waals surface area contributed by atoms with Gasteiger partial charge in [-0.1, -0.05) is 20.8 Å².